The van der Waals surface area contributed by atoms with Crippen molar-refractivity contribution >= 4 is 166 Å². The Morgan fingerprint density at radius 2 is 0.780 bits per heavy atom. The van der Waals surface area contributed by atoms with Crippen LogP contribution in [-0.4, -0.2) is 152 Å². The number of nitrogens with zero attached hydrogens (tertiary/aromatic N) is 6. The number of methoxy groups -OCH3 is 2. The van der Waals surface area contributed by atoms with E-state index in [1.165, 1.54) is 26.4 Å². The van der Waals surface area contributed by atoms with Crippen molar-refractivity contribution in [1.82, 2.24) is 45.3 Å². The molecule has 34 heteroatoms. The van der Waals surface area contributed by atoms with Crippen LogP contribution in [-0.2, 0) is 92.8 Å². The van der Waals surface area contributed by atoms with Crippen molar-refractivity contribution in [1.29, 1.82) is 0 Å². The number of nitrogens with one attached hydrogen (secondary N) is 3. The van der Waals surface area contributed by atoms with Crippen LogP contribution in [0.15, 0.2) is 168 Å². The van der Waals surface area contributed by atoms with Gasteiger partial charge in [0.05, 0.1) is 109 Å². The molecule has 7 N–H and O–H groups in total. The van der Waals surface area contributed by atoms with E-state index in [0.29, 0.717) is 31.3 Å². The second-order valence-electron chi connectivity index (χ2n) is 30.0. The number of aryl methyl sites for hydroxylation is 3. The Morgan fingerprint density at radius 3 is 1.15 bits per heavy atom. The summed E-state index contributed by atoms with van der Waals surface area (Å²) in [5, 5.41) is 36.0. The van der Waals surface area contributed by atoms with E-state index in [1.54, 1.807) is 42.5 Å². The first-order chi connectivity index (χ1) is 57.5. The van der Waals surface area contributed by atoms with E-state index < -0.39 is 72.1 Å². The second-order valence-corrected chi connectivity index (χ2v) is 33.2. The largest absolute Gasteiger partial charge is 1.00 e. The third kappa shape index (κ3) is 20.8. The van der Waals surface area contributed by atoms with E-state index in [-0.39, 0.29) is 95.9 Å². The fraction of sp³-hybridized carbons (Fsp3) is 0.292. The molecule has 9 aromatic carbocycles. The molecule has 3 aromatic heterocycles. The van der Waals surface area contributed by atoms with Crippen LogP contribution in [0.5, 0.6) is 17.2 Å². The van der Waals surface area contributed by atoms with Crippen molar-refractivity contribution < 1.29 is 96.7 Å². The quantitative estimate of drug-likeness (QED) is 0.0458. The standard InChI is InChI=1S/C28H25Cl2N3O4.C27H23Cl2N3O4.C26H30BCl2NO6.C8H7BrN2.Li.2H2O/c1-33-23-11-4-3-7-18(23)25(32-33)19-13-12-16(17-8-6-14-37-26(17)19)15-22(28(35)36-2)31-27(34)24-20(29)9-5-10-21(24)30;1-32-22-10-3-2-6-17(22)24(31-32)18-12-11-15(16-7-5-13-36-25(16)18)14-21(27(34)35)30-26(33)23-19(28)8-4-9-20(23)29;1-25(2)26(3,4)36-27(35-25)17-12-11-15(16-8-7-13-34-22(16)17)14-20(24(32)33-5)30-23(31)21-18(28)9-6-10-19(21)29;1-11-7-5-3-2-4-6(7)8(9)10-11;;;/h3-5,7,9-13,22H,6,8,14-15H2,1-2H3,(H,31,34);2-4,6,8-12,21H,5,7,13-14H2,1H3,(H,30,33)(H,34,35);6,9-12,20H,7-8,13-14H2,1-5H3,(H,30,31);2-5H,1H3;;2*1H2/q;;;;+1;;/p-1/t22-;21-;20-;;;;/m000..../s1. The van der Waals surface area contributed by atoms with E-state index in [0.717, 1.165) is 143 Å². The average molecular weight is 1850 g/mol. The minimum absolute atomic E-state index is 0. The van der Waals surface area contributed by atoms with Crippen LogP contribution in [0.4, 0.5) is 0 Å². The van der Waals surface area contributed by atoms with Crippen LogP contribution in [0.2, 0.25) is 30.1 Å². The van der Waals surface area contributed by atoms with Crippen molar-refractivity contribution in [3.05, 3.63) is 249 Å². The van der Waals surface area contributed by atoms with Gasteiger partial charge in [-0.1, -0.05) is 167 Å². The average Bonchev–Trinajstić information content (AvgIpc) is 1.68. The Bertz CT molecular complexity index is 5860. The predicted molar refractivity (Wildman–Crippen MR) is 476 cm³/mol. The molecule has 1 fully saturated rings. The zero-order chi connectivity index (χ0) is 85.6. The zero-order valence-electron chi connectivity index (χ0n) is 68.9. The number of carboxylic acids is 1. The maximum Gasteiger partial charge on any atom is 1.00 e. The van der Waals surface area contributed by atoms with Crippen molar-refractivity contribution in [3.63, 3.8) is 0 Å². The number of para-hydroxylation sites is 3. The molecule has 3 atom stereocenters. The number of fused-ring (bicyclic) bond motifs is 6. The first-order valence-corrected chi connectivity index (χ1v) is 41.8. The van der Waals surface area contributed by atoms with Crippen molar-refractivity contribution in [2.24, 2.45) is 21.1 Å². The van der Waals surface area contributed by atoms with Gasteiger partial charge in [0.1, 0.15) is 51.4 Å². The summed E-state index contributed by atoms with van der Waals surface area (Å²) >= 11 is 40.5. The van der Waals surface area contributed by atoms with Gasteiger partial charge in [0, 0.05) is 73.2 Å². The van der Waals surface area contributed by atoms with Crippen LogP contribution < -0.4 is 54.5 Å². The smallest absolute Gasteiger partial charge is 0.870 e. The molecule has 16 rings (SSSR count). The third-order valence-corrected chi connectivity index (χ3v) is 24.3. The minimum Gasteiger partial charge on any atom is -0.870 e. The normalized spacial score (nSPS) is 14.5. The molecule has 123 heavy (non-hydrogen) atoms. The number of halogens is 7. The van der Waals surface area contributed by atoms with Gasteiger partial charge < -0.3 is 65.0 Å². The number of carbonyl (C=O) groups excluding carboxylic acids is 5. The fourth-order valence-electron chi connectivity index (χ4n) is 15.1. The molecular formula is C89H88BBrCl6LiN9O16. The molecule has 3 amide bonds. The van der Waals surface area contributed by atoms with Gasteiger partial charge in [0.25, 0.3) is 17.7 Å². The Kier molecular flexibility index (Phi) is 32.2. The van der Waals surface area contributed by atoms with Crippen molar-refractivity contribution in [2.45, 2.75) is 115 Å². The minimum atomic E-state index is -1.18. The monoisotopic (exact) mass is 1850 g/mol. The molecule has 4 aliphatic rings. The topological polar surface area (TPSA) is 338 Å². The van der Waals surface area contributed by atoms with Gasteiger partial charge >= 0.3 is 43.9 Å². The molecule has 12 aromatic rings. The number of rotatable bonds is 18. The number of ether oxygens (including phenoxy) is 5. The van der Waals surface area contributed by atoms with Crippen LogP contribution in [0.1, 0.15) is 111 Å². The number of aliphatic carboxylic acids is 1. The Balaban J connectivity index is 0.000000179. The molecule has 0 bridgehead atoms. The summed E-state index contributed by atoms with van der Waals surface area (Å²) < 4.78 is 47.4. The number of benzene rings is 9. The summed E-state index contributed by atoms with van der Waals surface area (Å²) in [7, 11) is 7.75. The van der Waals surface area contributed by atoms with Gasteiger partial charge in [-0.15, -0.1) is 0 Å². The Labute approximate surface area is 760 Å². The number of amides is 3. The Morgan fingerprint density at radius 1 is 0.463 bits per heavy atom. The molecular weight excluding hydrogens is 1760 g/mol. The predicted octanol–water partition coefficient (Wildman–Crippen LogP) is 13.2. The molecule has 0 radical (unpaired) electrons. The fourth-order valence-corrected chi connectivity index (χ4v) is 17.4. The summed E-state index contributed by atoms with van der Waals surface area (Å²) in [4.78, 5) is 76.4. The second kappa shape index (κ2) is 41.4. The maximum atomic E-state index is 13.0. The van der Waals surface area contributed by atoms with Gasteiger partial charge in [-0.05, 0) is 182 Å². The SMILES string of the molecule is COC(=O)[C@H](Cc1ccc(-c2nn(C)c3ccccc23)c2c1CCCO2)NC(=O)c1c(Cl)cccc1Cl.COC(=O)[C@H](Cc1ccc(B2OC(C)(C)C(C)(C)O2)c2c1CCCO2)NC(=O)c1c(Cl)cccc1Cl.Cn1nc(-c2ccc(C[C@H](NC(=O)c3c(Cl)cccc3Cl)C(=O)O)c3c2OCCC3)c2ccccc21.Cn1nc(Br)c2ccccc21.O.[Li+].[OH-]. The van der Waals surface area contributed by atoms with E-state index in [1.807, 2.05) is 172 Å². The van der Waals surface area contributed by atoms with E-state index in [4.69, 9.17) is 113 Å². The van der Waals surface area contributed by atoms with Crippen LogP contribution in [0.25, 0.3) is 55.2 Å². The summed E-state index contributed by atoms with van der Waals surface area (Å²) in [6.07, 6.45) is 5.26. The Hall–Kier alpha value is -9.67. The number of carboxylic acid groups (broad SMARTS) is 1. The molecule has 0 spiro atoms. The van der Waals surface area contributed by atoms with Crippen LogP contribution in [0, 0.1) is 0 Å². The van der Waals surface area contributed by atoms with Gasteiger partial charge in [-0.3, -0.25) is 28.4 Å². The molecule has 0 unspecified atom stereocenters. The van der Waals surface area contributed by atoms with E-state index in [9.17, 15) is 33.9 Å². The van der Waals surface area contributed by atoms with Gasteiger partial charge in [-0.2, -0.15) is 15.3 Å². The number of aromatic nitrogens is 6. The molecule has 638 valence electrons. The molecule has 0 aliphatic carbocycles. The van der Waals surface area contributed by atoms with Gasteiger partial charge in [0.2, 0.25) is 0 Å². The number of hydrogen-bond acceptors (Lipinski definition) is 17. The first kappa shape index (κ1) is 95.6. The van der Waals surface area contributed by atoms with Crippen LogP contribution >= 0.6 is 85.5 Å². The first-order valence-electron chi connectivity index (χ1n) is 38.7. The van der Waals surface area contributed by atoms with Gasteiger partial charge in [-0.25, -0.2) is 14.4 Å². The molecule has 4 aliphatic heterocycles. The number of carbonyl (C=O) groups is 6. The van der Waals surface area contributed by atoms with Crippen molar-refractivity contribution in [3.8, 4) is 39.8 Å². The number of esters is 2. The van der Waals surface area contributed by atoms with E-state index in [2.05, 4.69) is 37.0 Å². The van der Waals surface area contributed by atoms with Crippen LogP contribution in [0.3, 0.4) is 0 Å². The van der Waals surface area contributed by atoms with E-state index >= 15 is 0 Å². The molecule has 0 saturated carbocycles. The number of hydrogen-bond donors (Lipinski definition) is 4. The summed E-state index contributed by atoms with van der Waals surface area (Å²) in [5.74, 6) is -1.86. The zero-order valence-corrected chi connectivity index (χ0v) is 75.0. The molecule has 7 heterocycles. The third-order valence-electron chi connectivity index (χ3n) is 21.8. The summed E-state index contributed by atoms with van der Waals surface area (Å²) in [6.45, 7) is 9.75. The van der Waals surface area contributed by atoms with Crippen molar-refractivity contribution in [2.75, 3.05) is 34.0 Å². The summed E-state index contributed by atoms with van der Waals surface area (Å²) in [6, 6.07) is 46.9. The van der Waals surface area contributed by atoms with Gasteiger partial charge in [0.15, 0.2) is 0 Å². The molecule has 25 nitrogen and oxygen atoms in total. The summed E-state index contributed by atoms with van der Waals surface area (Å²) in [5.41, 5.74) is 12.2. The molecule has 1 saturated heterocycles. The maximum absolute atomic E-state index is 13.0.